The first-order chi connectivity index (χ1) is 11.3. The first-order valence-electron chi connectivity index (χ1n) is 10.3. The summed E-state index contributed by atoms with van der Waals surface area (Å²) in [4.78, 5) is 0. The lowest BCUT2D eigenvalue weighted by Crippen LogP contribution is -2.27. The Hall–Kier alpha value is -0.120. The van der Waals surface area contributed by atoms with Crippen LogP contribution in [0.15, 0.2) is 0 Å². The van der Waals surface area contributed by atoms with Gasteiger partial charge in [0.1, 0.15) is 0 Å². The number of aliphatic hydroxyl groups is 1. The molecule has 0 spiro atoms. The summed E-state index contributed by atoms with van der Waals surface area (Å²) in [7, 11) is 2.02. The molecule has 0 aliphatic rings. The molecule has 3 N–H and O–H groups in total. The first kappa shape index (κ1) is 22.9. The zero-order chi connectivity index (χ0) is 17.0. The largest absolute Gasteiger partial charge is 0.392 e. The van der Waals surface area contributed by atoms with E-state index in [1.165, 1.54) is 83.5 Å². The standard InChI is InChI=1S/C20H44N2O/c1-3-4-5-6-12-15-18-22-19-20(23)16-13-10-8-7-9-11-14-17-21-2/h20-23H,3-19H2,1-2H3. The van der Waals surface area contributed by atoms with Crippen LogP contribution in [-0.4, -0.2) is 37.9 Å². The Morgan fingerprint density at radius 2 is 1.22 bits per heavy atom. The average Bonchev–Trinajstić information content (AvgIpc) is 2.56. The van der Waals surface area contributed by atoms with Gasteiger partial charge in [0.2, 0.25) is 0 Å². The number of hydrogen-bond acceptors (Lipinski definition) is 3. The maximum absolute atomic E-state index is 9.95. The third-order valence-electron chi connectivity index (χ3n) is 4.55. The van der Waals surface area contributed by atoms with E-state index in [-0.39, 0.29) is 6.10 Å². The zero-order valence-electron chi connectivity index (χ0n) is 16.0. The minimum atomic E-state index is -0.147. The van der Waals surface area contributed by atoms with Gasteiger partial charge in [0.15, 0.2) is 0 Å². The van der Waals surface area contributed by atoms with Crippen LogP contribution in [0.2, 0.25) is 0 Å². The summed E-state index contributed by atoms with van der Waals surface area (Å²) in [6.45, 7) is 5.25. The Labute approximate surface area is 146 Å². The van der Waals surface area contributed by atoms with Gasteiger partial charge in [0.05, 0.1) is 6.10 Å². The molecule has 0 fully saturated rings. The van der Waals surface area contributed by atoms with Crippen molar-refractivity contribution in [3.8, 4) is 0 Å². The molecule has 0 aromatic heterocycles. The average molecular weight is 329 g/mol. The minimum absolute atomic E-state index is 0.147. The van der Waals surface area contributed by atoms with Gasteiger partial charge in [-0.15, -0.1) is 0 Å². The van der Waals surface area contributed by atoms with Crippen molar-refractivity contribution in [1.82, 2.24) is 10.6 Å². The van der Waals surface area contributed by atoms with Crippen molar-refractivity contribution < 1.29 is 5.11 Å². The Balaban J connectivity index is 3.11. The van der Waals surface area contributed by atoms with E-state index in [0.29, 0.717) is 0 Å². The van der Waals surface area contributed by atoms with Gasteiger partial charge in [-0.2, -0.15) is 0 Å². The van der Waals surface area contributed by atoms with E-state index in [0.717, 1.165) is 26.1 Å². The lowest BCUT2D eigenvalue weighted by molar-refractivity contribution is 0.158. The second-order valence-electron chi connectivity index (χ2n) is 6.99. The lowest BCUT2D eigenvalue weighted by atomic mass is 10.1. The Kier molecular flexibility index (Phi) is 19.8. The molecular weight excluding hydrogens is 284 g/mol. The molecular formula is C20H44N2O. The predicted molar refractivity (Wildman–Crippen MR) is 103 cm³/mol. The monoisotopic (exact) mass is 328 g/mol. The highest BCUT2D eigenvalue weighted by Crippen LogP contribution is 2.09. The van der Waals surface area contributed by atoms with Crippen molar-refractivity contribution in [2.45, 2.75) is 103 Å². The second-order valence-corrected chi connectivity index (χ2v) is 6.99. The van der Waals surface area contributed by atoms with E-state index in [1.807, 2.05) is 7.05 Å². The molecule has 1 unspecified atom stereocenters. The van der Waals surface area contributed by atoms with Gasteiger partial charge in [-0.1, -0.05) is 77.6 Å². The Morgan fingerprint density at radius 3 is 1.83 bits per heavy atom. The fraction of sp³-hybridized carbons (Fsp3) is 1.00. The summed E-state index contributed by atoms with van der Waals surface area (Å²) in [6, 6.07) is 0. The SMILES string of the molecule is CCCCCCCCNCC(O)CCCCCCCCCNC. The summed E-state index contributed by atoms with van der Waals surface area (Å²) in [5, 5.41) is 16.5. The molecule has 0 saturated carbocycles. The smallest absolute Gasteiger partial charge is 0.0664 e. The van der Waals surface area contributed by atoms with Gasteiger partial charge in [-0.25, -0.2) is 0 Å². The van der Waals surface area contributed by atoms with E-state index in [4.69, 9.17) is 0 Å². The van der Waals surface area contributed by atoms with Crippen LogP contribution in [0.4, 0.5) is 0 Å². The molecule has 0 radical (unpaired) electrons. The number of nitrogens with one attached hydrogen (secondary N) is 2. The Morgan fingerprint density at radius 1 is 0.696 bits per heavy atom. The predicted octanol–water partition coefficient (Wildman–Crippen LogP) is 4.64. The van der Waals surface area contributed by atoms with Crippen LogP contribution in [0.5, 0.6) is 0 Å². The lowest BCUT2D eigenvalue weighted by Gasteiger charge is -2.11. The van der Waals surface area contributed by atoms with E-state index in [1.54, 1.807) is 0 Å². The zero-order valence-corrected chi connectivity index (χ0v) is 16.0. The molecule has 0 bridgehead atoms. The molecule has 0 aliphatic carbocycles. The Bertz CT molecular complexity index is 212. The molecule has 23 heavy (non-hydrogen) atoms. The summed E-state index contributed by atoms with van der Waals surface area (Å²) >= 11 is 0. The van der Waals surface area contributed by atoms with Crippen LogP contribution in [0.3, 0.4) is 0 Å². The van der Waals surface area contributed by atoms with E-state index in [9.17, 15) is 5.11 Å². The number of hydrogen-bond donors (Lipinski definition) is 3. The number of unbranched alkanes of at least 4 members (excludes halogenated alkanes) is 11. The van der Waals surface area contributed by atoms with Crippen molar-refractivity contribution in [2.75, 3.05) is 26.7 Å². The van der Waals surface area contributed by atoms with Crippen LogP contribution >= 0.6 is 0 Å². The molecule has 0 heterocycles. The van der Waals surface area contributed by atoms with Crippen LogP contribution in [-0.2, 0) is 0 Å². The van der Waals surface area contributed by atoms with Gasteiger partial charge < -0.3 is 15.7 Å². The molecule has 3 heteroatoms. The van der Waals surface area contributed by atoms with Gasteiger partial charge in [0, 0.05) is 6.54 Å². The highest BCUT2D eigenvalue weighted by atomic mass is 16.3. The minimum Gasteiger partial charge on any atom is -0.392 e. The summed E-state index contributed by atoms with van der Waals surface area (Å²) in [6.07, 6.45) is 18.0. The van der Waals surface area contributed by atoms with Crippen LogP contribution < -0.4 is 10.6 Å². The molecule has 0 aromatic rings. The maximum Gasteiger partial charge on any atom is 0.0664 e. The van der Waals surface area contributed by atoms with Crippen molar-refractivity contribution in [1.29, 1.82) is 0 Å². The normalized spacial score (nSPS) is 12.7. The molecule has 0 aromatic carbocycles. The third kappa shape index (κ3) is 19.8. The van der Waals surface area contributed by atoms with Crippen LogP contribution in [0.1, 0.15) is 96.8 Å². The maximum atomic E-state index is 9.95. The molecule has 1 atom stereocenters. The second kappa shape index (κ2) is 19.9. The molecule has 0 saturated heterocycles. The first-order valence-corrected chi connectivity index (χ1v) is 10.3. The fourth-order valence-electron chi connectivity index (χ4n) is 2.97. The summed E-state index contributed by atoms with van der Waals surface area (Å²) in [5.41, 5.74) is 0. The van der Waals surface area contributed by atoms with Crippen molar-refractivity contribution in [2.24, 2.45) is 0 Å². The highest BCUT2D eigenvalue weighted by Gasteiger charge is 2.03. The highest BCUT2D eigenvalue weighted by molar-refractivity contribution is 4.60. The van der Waals surface area contributed by atoms with Crippen molar-refractivity contribution in [3.63, 3.8) is 0 Å². The van der Waals surface area contributed by atoms with Crippen molar-refractivity contribution in [3.05, 3.63) is 0 Å². The number of aliphatic hydroxyl groups excluding tert-OH is 1. The van der Waals surface area contributed by atoms with Gasteiger partial charge in [0.25, 0.3) is 0 Å². The summed E-state index contributed by atoms with van der Waals surface area (Å²) < 4.78 is 0. The van der Waals surface area contributed by atoms with Gasteiger partial charge >= 0.3 is 0 Å². The molecule has 0 aliphatic heterocycles. The quantitative estimate of drug-likeness (QED) is 0.303. The summed E-state index contributed by atoms with van der Waals surface area (Å²) in [5.74, 6) is 0. The van der Waals surface area contributed by atoms with Crippen LogP contribution in [0, 0.1) is 0 Å². The topological polar surface area (TPSA) is 44.3 Å². The van der Waals surface area contributed by atoms with Crippen molar-refractivity contribution >= 4 is 0 Å². The third-order valence-corrected chi connectivity index (χ3v) is 4.55. The van der Waals surface area contributed by atoms with Crippen LogP contribution in [0.25, 0.3) is 0 Å². The number of rotatable bonds is 19. The van der Waals surface area contributed by atoms with E-state index < -0.39 is 0 Å². The molecule has 0 rings (SSSR count). The van der Waals surface area contributed by atoms with Gasteiger partial charge in [-0.05, 0) is 39.4 Å². The van der Waals surface area contributed by atoms with Gasteiger partial charge in [-0.3, -0.25) is 0 Å². The fourth-order valence-corrected chi connectivity index (χ4v) is 2.97. The van der Waals surface area contributed by atoms with E-state index >= 15 is 0 Å². The van der Waals surface area contributed by atoms with E-state index in [2.05, 4.69) is 17.6 Å². The molecule has 3 nitrogen and oxygen atoms in total. The molecule has 140 valence electrons. The molecule has 0 amide bonds.